The molecular formula is C15H17BrN2O. The Morgan fingerprint density at radius 1 is 1.16 bits per heavy atom. The lowest BCUT2D eigenvalue weighted by atomic mass is 10.2. The van der Waals surface area contributed by atoms with Crippen molar-refractivity contribution in [3.63, 3.8) is 0 Å². The van der Waals surface area contributed by atoms with Gasteiger partial charge in [0.05, 0.1) is 17.9 Å². The summed E-state index contributed by atoms with van der Waals surface area (Å²) in [6.45, 7) is 1.40. The van der Waals surface area contributed by atoms with Gasteiger partial charge in [-0.2, -0.15) is 0 Å². The topological polar surface area (TPSA) is 38.5 Å². The van der Waals surface area contributed by atoms with E-state index in [0.717, 1.165) is 28.1 Å². The van der Waals surface area contributed by atoms with Crippen LogP contribution in [0.4, 0.5) is 11.4 Å². The zero-order valence-electron chi connectivity index (χ0n) is 10.8. The summed E-state index contributed by atoms with van der Waals surface area (Å²) in [5.41, 5.74) is 7.77. The predicted octanol–water partition coefficient (Wildman–Crippen LogP) is 3.55. The zero-order chi connectivity index (χ0) is 13.7. The number of para-hydroxylation sites is 1. The fraction of sp³-hybridized carbons (Fsp3) is 0.200. The molecule has 0 aromatic heterocycles. The number of nitrogen functional groups attached to an aromatic ring is 1. The van der Waals surface area contributed by atoms with Crippen molar-refractivity contribution in [2.24, 2.45) is 0 Å². The van der Waals surface area contributed by atoms with Crippen LogP contribution in [0.25, 0.3) is 0 Å². The van der Waals surface area contributed by atoms with Crippen molar-refractivity contribution >= 4 is 27.3 Å². The van der Waals surface area contributed by atoms with Crippen LogP contribution in [-0.2, 0) is 0 Å². The van der Waals surface area contributed by atoms with Gasteiger partial charge in [0.15, 0.2) is 0 Å². The molecule has 19 heavy (non-hydrogen) atoms. The van der Waals surface area contributed by atoms with Gasteiger partial charge < -0.3 is 15.4 Å². The minimum absolute atomic E-state index is 0.621. The normalized spacial score (nSPS) is 10.2. The first-order valence-corrected chi connectivity index (χ1v) is 6.90. The number of hydrogen-bond acceptors (Lipinski definition) is 3. The molecule has 0 aliphatic heterocycles. The van der Waals surface area contributed by atoms with Crippen LogP contribution in [-0.4, -0.2) is 20.2 Å². The maximum Gasteiger partial charge on any atom is 0.119 e. The molecule has 2 N–H and O–H groups in total. The summed E-state index contributed by atoms with van der Waals surface area (Å²) in [6, 6.07) is 15.7. The second-order valence-electron chi connectivity index (χ2n) is 4.29. The SMILES string of the molecule is CN(CCOc1ccccc1)c1ccc(Br)cc1N. The standard InChI is InChI=1S/C15H17BrN2O/c1-18(15-8-7-12(16)11-14(15)17)9-10-19-13-5-3-2-4-6-13/h2-8,11H,9-10,17H2,1H3. The number of anilines is 2. The Hall–Kier alpha value is -1.68. The lowest BCUT2D eigenvalue weighted by molar-refractivity contribution is 0.326. The minimum Gasteiger partial charge on any atom is -0.492 e. The summed E-state index contributed by atoms with van der Waals surface area (Å²) in [4.78, 5) is 2.09. The Kier molecular flexibility index (Phi) is 4.68. The van der Waals surface area contributed by atoms with Crippen LogP contribution in [0.2, 0.25) is 0 Å². The summed E-state index contributed by atoms with van der Waals surface area (Å²) < 4.78 is 6.66. The van der Waals surface area contributed by atoms with E-state index in [1.54, 1.807) is 0 Å². The highest BCUT2D eigenvalue weighted by molar-refractivity contribution is 9.10. The lowest BCUT2D eigenvalue weighted by Gasteiger charge is -2.21. The largest absolute Gasteiger partial charge is 0.492 e. The number of benzene rings is 2. The van der Waals surface area contributed by atoms with E-state index in [1.165, 1.54) is 0 Å². The van der Waals surface area contributed by atoms with Crippen molar-refractivity contribution in [2.75, 3.05) is 30.8 Å². The fourth-order valence-corrected chi connectivity index (χ4v) is 2.19. The molecule has 2 aromatic rings. The molecule has 0 aliphatic carbocycles. The maximum atomic E-state index is 5.99. The van der Waals surface area contributed by atoms with Crippen LogP contribution in [0.1, 0.15) is 0 Å². The van der Waals surface area contributed by atoms with Gasteiger partial charge in [0.1, 0.15) is 12.4 Å². The maximum absolute atomic E-state index is 5.99. The summed E-state index contributed by atoms with van der Waals surface area (Å²) in [6.07, 6.45) is 0. The molecule has 100 valence electrons. The third kappa shape index (κ3) is 3.89. The number of nitrogens with two attached hydrogens (primary N) is 1. The molecule has 4 heteroatoms. The Morgan fingerprint density at radius 3 is 2.58 bits per heavy atom. The second-order valence-corrected chi connectivity index (χ2v) is 5.20. The van der Waals surface area contributed by atoms with Crippen LogP contribution in [0.5, 0.6) is 5.75 Å². The molecule has 0 saturated carbocycles. The van der Waals surface area contributed by atoms with E-state index in [9.17, 15) is 0 Å². The van der Waals surface area contributed by atoms with Crippen molar-refractivity contribution in [3.8, 4) is 5.75 Å². The molecule has 0 heterocycles. The summed E-state index contributed by atoms with van der Waals surface area (Å²) in [7, 11) is 2.01. The average molecular weight is 321 g/mol. The van der Waals surface area contributed by atoms with Gasteiger partial charge >= 0.3 is 0 Å². The highest BCUT2D eigenvalue weighted by atomic mass is 79.9. The Bertz CT molecular complexity index is 531. The molecule has 2 aromatic carbocycles. The van der Waals surface area contributed by atoms with E-state index in [4.69, 9.17) is 10.5 Å². The number of halogens is 1. The van der Waals surface area contributed by atoms with Crippen molar-refractivity contribution in [1.29, 1.82) is 0 Å². The first-order valence-electron chi connectivity index (χ1n) is 6.11. The highest BCUT2D eigenvalue weighted by Crippen LogP contribution is 2.25. The number of likely N-dealkylation sites (N-methyl/N-ethyl adjacent to an activating group) is 1. The van der Waals surface area contributed by atoms with Gasteiger partial charge in [-0.15, -0.1) is 0 Å². The molecule has 0 saturated heterocycles. The molecule has 0 spiro atoms. The lowest BCUT2D eigenvalue weighted by Crippen LogP contribution is -2.24. The van der Waals surface area contributed by atoms with E-state index in [2.05, 4.69) is 20.8 Å². The molecule has 0 aliphatic rings. The Balaban J connectivity index is 1.89. The molecule has 0 radical (unpaired) electrons. The molecule has 0 amide bonds. The van der Waals surface area contributed by atoms with Gasteiger partial charge in [-0.05, 0) is 30.3 Å². The zero-order valence-corrected chi connectivity index (χ0v) is 12.4. The monoisotopic (exact) mass is 320 g/mol. The van der Waals surface area contributed by atoms with Crippen LogP contribution < -0.4 is 15.4 Å². The molecule has 2 rings (SSSR count). The van der Waals surface area contributed by atoms with Crippen molar-refractivity contribution in [2.45, 2.75) is 0 Å². The van der Waals surface area contributed by atoms with E-state index in [1.807, 2.05) is 55.6 Å². The van der Waals surface area contributed by atoms with Gasteiger partial charge in [-0.1, -0.05) is 34.1 Å². The van der Waals surface area contributed by atoms with Gasteiger partial charge in [-0.3, -0.25) is 0 Å². The van der Waals surface area contributed by atoms with Gasteiger partial charge in [0, 0.05) is 11.5 Å². The number of ether oxygens (including phenoxy) is 1. The van der Waals surface area contributed by atoms with Gasteiger partial charge in [-0.25, -0.2) is 0 Å². The van der Waals surface area contributed by atoms with E-state index >= 15 is 0 Å². The summed E-state index contributed by atoms with van der Waals surface area (Å²) >= 11 is 3.41. The predicted molar refractivity (Wildman–Crippen MR) is 83.8 cm³/mol. The van der Waals surface area contributed by atoms with Crippen LogP contribution in [0.3, 0.4) is 0 Å². The third-order valence-corrected chi connectivity index (χ3v) is 3.33. The molecular weight excluding hydrogens is 304 g/mol. The highest BCUT2D eigenvalue weighted by Gasteiger charge is 2.05. The smallest absolute Gasteiger partial charge is 0.119 e. The number of rotatable bonds is 5. The fourth-order valence-electron chi connectivity index (χ4n) is 1.81. The van der Waals surface area contributed by atoms with Gasteiger partial charge in [0.25, 0.3) is 0 Å². The van der Waals surface area contributed by atoms with Crippen LogP contribution in [0.15, 0.2) is 53.0 Å². The summed E-state index contributed by atoms with van der Waals surface area (Å²) in [5.74, 6) is 0.889. The first kappa shape index (κ1) is 13.7. The van der Waals surface area contributed by atoms with Crippen molar-refractivity contribution in [3.05, 3.63) is 53.0 Å². The molecule has 0 unspecified atom stereocenters. The Labute approximate surface area is 122 Å². The minimum atomic E-state index is 0.621. The number of nitrogens with zero attached hydrogens (tertiary/aromatic N) is 1. The average Bonchev–Trinajstić information content (AvgIpc) is 2.39. The van der Waals surface area contributed by atoms with Crippen molar-refractivity contribution in [1.82, 2.24) is 0 Å². The second kappa shape index (κ2) is 6.48. The quantitative estimate of drug-likeness (QED) is 0.856. The van der Waals surface area contributed by atoms with Crippen molar-refractivity contribution < 1.29 is 4.74 Å². The summed E-state index contributed by atoms with van der Waals surface area (Å²) in [5, 5.41) is 0. The van der Waals surface area contributed by atoms with Crippen LogP contribution >= 0.6 is 15.9 Å². The first-order chi connectivity index (χ1) is 9.16. The molecule has 0 fully saturated rings. The Morgan fingerprint density at radius 2 is 1.89 bits per heavy atom. The van der Waals surface area contributed by atoms with E-state index in [0.29, 0.717) is 6.61 Å². The molecule has 0 atom stereocenters. The third-order valence-electron chi connectivity index (χ3n) is 2.84. The van der Waals surface area contributed by atoms with Gasteiger partial charge in [0.2, 0.25) is 0 Å². The molecule has 0 bridgehead atoms. The molecule has 3 nitrogen and oxygen atoms in total. The van der Waals surface area contributed by atoms with E-state index < -0.39 is 0 Å². The van der Waals surface area contributed by atoms with E-state index in [-0.39, 0.29) is 0 Å². The van der Waals surface area contributed by atoms with Crippen LogP contribution in [0, 0.1) is 0 Å². The number of hydrogen-bond donors (Lipinski definition) is 1.